The van der Waals surface area contributed by atoms with E-state index in [1.165, 1.54) is 17.3 Å². The molecule has 1 saturated heterocycles. The number of hydrogen-bond acceptors (Lipinski definition) is 6. The molecule has 3 aromatic rings. The monoisotopic (exact) mass is 415 g/mol. The molecule has 2 aromatic carbocycles. The fraction of sp³-hybridized carbons (Fsp3) is 0.333. The molecule has 5 nitrogen and oxygen atoms in total. The molecule has 4 rings (SSSR count). The number of halogens is 1. The molecule has 1 atom stereocenters. The molecule has 146 valence electrons. The molecule has 0 radical (unpaired) electrons. The van der Waals surface area contributed by atoms with Crippen LogP contribution in [0, 0.1) is 6.92 Å². The fourth-order valence-corrected chi connectivity index (χ4v) is 4.10. The van der Waals surface area contributed by atoms with E-state index < -0.39 is 0 Å². The number of morpholine rings is 1. The molecule has 28 heavy (non-hydrogen) atoms. The van der Waals surface area contributed by atoms with Crippen molar-refractivity contribution in [2.45, 2.75) is 24.8 Å². The minimum atomic E-state index is 0.121. The normalized spacial score (nSPS) is 17.7. The van der Waals surface area contributed by atoms with Gasteiger partial charge in [-0.1, -0.05) is 59.3 Å². The third kappa shape index (κ3) is 4.94. The third-order valence-corrected chi connectivity index (χ3v) is 5.99. The van der Waals surface area contributed by atoms with E-state index >= 15 is 0 Å². The van der Waals surface area contributed by atoms with E-state index in [0.29, 0.717) is 17.7 Å². The maximum Gasteiger partial charge on any atom is 0.276 e. The molecule has 0 aliphatic carbocycles. The lowest BCUT2D eigenvalue weighted by Crippen LogP contribution is -2.43. The van der Waals surface area contributed by atoms with Gasteiger partial charge in [-0.2, -0.15) is 0 Å². The molecule has 0 N–H and O–H groups in total. The second kappa shape index (κ2) is 9.09. The Bertz CT molecular complexity index is 916. The number of hydrogen-bond donors (Lipinski definition) is 0. The molecule has 0 spiro atoms. The first-order valence-corrected chi connectivity index (χ1v) is 10.6. The summed E-state index contributed by atoms with van der Waals surface area (Å²) in [5.41, 5.74) is 3.29. The van der Waals surface area contributed by atoms with Crippen LogP contribution in [0.25, 0.3) is 11.5 Å². The van der Waals surface area contributed by atoms with Crippen LogP contribution in [0.2, 0.25) is 5.02 Å². The molecule has 1 aliphatic heterocycles. The van der Waals surface area contributed by atoms with E-state index in [2.05, 4.69) is 28.1 Å². The summed E-state index contributed by atoms with van der Waals surface area (Å²) < 4.78 is 11.7. The van der Waals surface area contributed by atoms with Crippen molar-refractivity contribution >= 4 is 23.4 Å². The molecule has 1 aromatic heterocycles. The van der Waals surface area contributed by atoms with E-state index in [9.17, 15) is 0 Å². The van der Waals surface area contributed by atoms with E-state index in [-0.39, 0.29) is 6.10 Å². The Labute approximate surface area is 174 Å². The number of rotatable bonds is 6. The number of benzene rings is 2. The molecular formula is C21H22ClN3O2S. The summed E-state index contributed by atoms with van der Waals surface area (Å²) >= 11 is 7.83. The lowest BCUT2D eigenvalue weighted by atomic mass is 10.1. The fourth-order valence-electron chi connectivity index (χ4n) is 3.14. The summed E-state index contributed by atoms with van der Waals surface area (Å²) in [6.07, 6.45) is 0.121. The first-order valence-electron chi connectivity index (χ1n) is 9.28. The Balaban J connectivity index is 1.31. The Morgan fingerprint density at radius 3 is 2.79 bits per heavy atom. The van der Waals surface area contributed by atoms with Crippen molar-refractivity contribution in [1.29, 1.82) is 0 Å². The van der Waals surface area contributed by atoms with Crippen molar-refractivity contribution in [2.75, 3.05) is 25.4 Å². The number of aromatic nitrogens is 2. The number of nitrogens with zero attached hydrogens (tertiary/aromatic N) is 3. The van der Waals surface area contributed by atoms with Crippen molar-refractivity contribution in [2.24, 2.45) is 0 Å². The SMILES string of the molecule is Cc1ccc(-c2nnc(SC[C@H]3CN(Cc4ccccc4Cl)CCO3)o2)cc1. The summed E-state index contributed by atoms with van der Waals surface area (Å²) in [7, 11) is 0. The topological polar surface area (TPSA) is 51.4 Å². The van der Waals surface area contributed by atoms with Gasteiger partial charge in [0.05, 0.1) is 12.7 Å². The Kier molecular flexibility index (Phi) is 6.32. The maximum atomic E-state index is 6.29. The summed E-state index contributed by atoms with van der Waals surface area (Å²) in [6.45, 7) is 5.37. The standard InChI is InChI=1S/C21H22ClN3O2S/c1-15-6-8-16(9-7-15)20-23-24-21(27-20)28-14-18-13-25(10-11-26-18)12-17-4-2-3-5-19(17)22/h2-9,18H,10-14H2,1H3/t18-/m1/s1. The minimum Gasteiger partial charge on any atom is -0.411 e. The van der Waals surface area contributed by atoms with Crippen LogP contribution in [0.15, 0.2) is 58.2 Å². The van der Waals surface area contributed by atoms with Crippen molar-refractivity contribution in [3.8, 4) is 11.5 Å². The largest absolute Gasteiger partial charge is 0.411 e. The number of thioether (sulfide) groups is 1. The van der Waals surface area contributed by atoms with Gasteiger partial charge >= 0.3 is 0 Å². The second-order valence-corrected chi connectivity index (χ2v) is 8.25. The smallest absolute Gasteiger partial charge is 0.276 e. The zero-order chi connectivity index (χ0) is 19.3. The van der Waals surface area contributed by atoms with Crippen LogP contribution < -0.4 is 0 Å². The predicted octanol–water partition coefficient (Wildman–Crippen LogP) is 4.69. The van der Waals surface area contributed by atoms with Crippen LogP contribution in [-0.4, -0.2) is 46.7 Å². The van der Waals surface area contributed by atoms with Gasteiger partial charge in [-0.3, -0.25) is 4.90 Å². The number of aryl methyl sites for hydroxylation is 1. The molecule has 7 heteroatoms. The van der Waals surface area contributed by atoms with Crippen LogP contribution in [0.5, 0.6) is 0 Å². The van der Waals surface area contributed by atoms with Gasteiger partial charge in [-0.15, -0.1) is 10.2 Å². The summed E-state index contributed by atoms with van der Waals surface area (Å²) in [4.78, 5) is 2.38. The zero-order valence-electron chi connectivity index (χ0n) is 15.7. The highest BCUT2D eigenvalue weighted by Gasteiger charge is 2.22. The molecule has 0 unspecified atom stereocenters. The Hall–Kier alpha value is -1.86. The van der Waals surface area contributed by atoms with E-state index in [1.807, 2.05) is 42.5 Å². The lowest BCUT2D eigenvalue weighted by molar-refractivity contribution is -0.0187. The Morgan fingerprint density at radius 1 is 1.14 bits per heavy atom. The second-order valence-electron chi connectivity index (χ2n) is 6.87. The molecule has 0 bridgehead atoms. The van der Waals surface area contributed by atoms with Gasteiger partial charge in [0.1, 0.15) is 0 Å². The summed E-state index contributed by atoms with van der Waals surface area (Å²) in [5, 5.41) is 9.70. The van der Waals surface area contributed by atoms with Crippen LogP contribution in [0.1, 0.15) is 11.1 Å². The molecule has 0 amide bonds. The highest BCUT2D eigenvalue weighted by atomic mass is 35.5. The third-order valence-electron chi connectivity index (χ3n) is 4.67. The van der Waals surface area contributed by atoms with Crippen molar-refractivity contribution < 1.29 is 9.15 Å². The molecule has 1 aliphatic rings. The zero-order valence-corrected chi connectivity index (χ0v) is 17.2. The highest BCUT2D eigenvalue weighted by molar-refractivity contribution is 7.99. The van der Waals surface area contributed by atoms with Crippen LogP contribution in [-0.2, 0) is 11.3 Å². The molecule has 1 fully saturated rings. The van der Waals surface area contributed by atoms with Gasteiger partial charge in [0, 0.05) is 36.0 Å². The molecule has 2 heterocycles. The quantitative estimate of drug-likeness (QED) is 0.544. The number of ether oxygens (including phenoxy) is 1. The van der Waals surface area contributed by atoms with Crippen LogP contribution >= 0.6 is 23.4 Å². The molecule has 0 saturated carbocycles. The average molecular weight is 416 g/mol. The van der Waals surface area contributed by atoms with Crippen molar-refractivity contribution in [3.05, 3.63) is 64.7 Å². The highest BCUT2D eigenvalue weighted by Crippen LogP contribution is 2.25. The predicted molar refractivity (Wildman–Crippen MR) is 112 cm³/mol. The van der Waals surface area contributed by atoms with E-state index in [1.54, 1.807) is 0 Å². The van der Waals surface area contributed by atoms with Crippen molar-refractivity contribution in [1.82, 2.24) is 15.1 Å². The van der Waals surface area contributed by atoms with Gasteiger partial charge in [-0.25, -0.2) is 0 Å². The first kappa shape index (κ1) is 19.5. The minimum absolute atomic E-state index is 0.121. The Morgan fingerprint density at radius 2 is 1.96 bits per heavy atom. The van der Waals surface area contributed by atoms with Crippen molar-refractivity contribution in [3.63, 3.8) is 0 Å². The van der Waals surface area contributed by atoms with Gasteiger partial charge in [0.15, 0.2) is 0 Å². The average Bonchev–Trinajstić information content (AvgIpc) is 3.18. The van der Waals surface area contributed by atoms with Gasteiger partial charge in [0.2, 0.25) is 5.89 Å². The van der Waals surface area contributed by atoms with Crippen LogP contribution in [0.3, 0.4) is 0 Å². The van der Waals surface area contributed by atoms with E-state index in [4.69, 9.17) is 20.8 Å². The van der Waals surface area contributed by atoms with Gasteiger partial charge < -0.3 is 9.15 Å². The first-order chi connectivity index (χ1) is 13.7. The summed E-state index contributed by atoms with van der Waals surface area (Å²) in [5.74, 6) is 1.32. The lowest BCUT2D eigenvalue weighted by Gasteiger charge is -2.32. The van der Waals surface area contributed by atoms with Gasteiger partial charge in [0.25, 0.3) is 5.22 Å². The van der Waals surface area contributed by atoms with Gasteiger partial charge in [-0.05, 0) is 30.7 Å². The maximum absolute atomic E-state index is 6.29. The van der Waals surface area contributed by atoms with E-state index in [0.717, 1.165) is 41.5 Å². The van der Waals surface area contributed by atoms with Crippen LogP contribution in [0.4, 0.5) is 0 Å². The molecular weight excluding hydrogens is 394 g/mol. The summed E-state index contributed by atoms with van der Waals surface area (Å²) in [6, 6.07) is 16.1.